The highest BCUT2D eigenvalue weighted by molar-refractivity contribution is 5.94. The first kappa shape index (κ1) is 23.1. The number of rotatable bonds is 9. The van der Waals surface area contributed by atoms with Crippen molar-refractivity contribution in [2.75, 3.05) is 7.11 Å². The average Bonchev–Trinajstić information content (AvgIpc) is 2.88. The summed E-state index contributed by atoms with van der Waals surface area (Å²) in [6.07, 6.45) is 0. The van der Waals surface area contributed by atoms with Crippen LogP contribution in [0.3, 0.4) is 0 Å². The van der Waals surface area contributed by atoms with Crippen LogP contribution in [0.25, 0.3) is 0 Å². The topological polar surface area (TPSA) is 38.8 Å². The van der Waals surface area contributed by atoms with Crippen molar-refractivity contribution in [3.05, 3.63) is 131 Å². The Hall–Kier alpha value is -4.05. The van der Waals surface area contributed by atoms with Crippen molar-refractivity contribution in [1.29, 1.82) is 0 Å². The van der Waals surface area contributed by atoms with E-state index in [0.717, 1.165) is 28.0 Å². The van der Waals surface area contributed by atoms with Crippen LogP contribution < -0.4 is 9.47 Å². The Balaban J connectivity index is 1.59. The van der Waals surface area contributed by atoms with E-state index in [4.69, 9.17) is 9.47 Å². The van der Waals surface area contributed by atoms with E-state index in [2.05, 4.69) is 0 Å². The normalized spacial score (nSPS) is 10.5. The second kappa shape index (κ2) is 11.2. The third-order valence-corrected chi connectivity index (χ3v) is 5.72. The maximum Gasteiger partial charge on any atom is 0.254 e. The molecule has 1 amide bonds. The largest absolute Gasteiger partial charge is 0.496 e. The van der Waals surface area contributed by atoms with Gasteiger partial charge in [0.05, 0.1) is 7.11 Å². The number of hydrogen-bond donors (Lipinski definition) is 0. The predicted molar refractivity (Wildman–Crippen MR) is 135 cm³/mol. The summed E-state index contributed by atoms with van der Waals surface area (Å²) in [7, 11) is 1.63. The van der Waals surface area contributed by atoms with Crippen molar-refractivity contribution in [1.82, 2.24) is 4.90 Å². The standard InChI is InChI=1S/C30H29NO3/c1-23-11-9-10-16-28(23)34-22-27-19-26(17-18-29(27)33-2)30(32)31(20-24-12-5-3-6-13-24)21-25-14-7-4-8-15-25/h3-19H,20-22H2,1-2H3. The van der Waals surface area contributed by atoms with Gasteiger partial charge in [0.25, 0.3) is 5.91 Å². The number of amides is 1. The molecule has 0 spiro atoms. The molecule has 4 aromatic rings. The van der Waals surface area contributed by atoms with Crippen molar-refractivity contribution in [2.45, 2.75) is 26.6 Å². The number of carbonyl (C=O) groups is 1. The molecular weight excluding hydrogens is 422 g/mol. The van der Waals surface area contributed by atoms with Gasteiger partial charge < -0.3 is 14.4 Å². The summed E-state index contributed by atoms with van der Waals surface area (Å²) in [6.45, 7) is 3.37. The van der Waals surface area contributed by atoms with Gasteiger partial charge in [0.1, 0.15) is 18.1 Å². The Morgan fingerprint density at radius 3 is 1.91 bits per heavy atom. The minimum absolute atomic E-state index is 0.0347. The van der Waals surface area contributed by atoms with Gasteiger partial charge in [0, 0.05) is 24.2 Å². The average molecular weight is 452 g/mol. The molecule has 172 valence electrons. The first-order valence-corrected chi connectivity index (χ1v) is 11.4. The number of hydrogen-bond acceptors (Lipinski definition) is 3. The van der Waals surface area contributed by atoms with E-state index in [1.165, 1.54) is 0 Å². The highest BCUT2D eigenvalue weighted by atomic mass is 16.5. The summed E-state index contributed by atoms with van der Waals surface area (Å²) in [5.74, 6) is 1.48. The van der Waals surface area contributed by atoms with E-state index >= 15 is 0 Å². The predicted octanol–water partition coefficient (Wildman–Crippen LogP) is 6.43. The van der Waals surface area contributed by atoms with E-state index in [1.807, 2.05) is 115 Å². The lowest BCUT2D eigenvalue weighted by atomic mass is 10.1. The maximum atomic E-state index is 13.7. The number of para-hydroxylation sites is 1. The highest BCUT2D eigenvalue weighted by Crippen LogP contribution is 2.25. The molecule has 0 unspecified atom stereocenters. The molecule has 0 fully saturated rings. The summed E-state index contributed by atoms with van der Waals surface area (Å²) < 4.78 is 11.6. The van der Waals surface area contributed by atoms with Gasteiger partial charge in [-0.15, -0.1) is 0 Å². The fourth-order valence-corrected chi connectivity index (χ4v) is 3.89. The minimum Gasteiger partial charge on any atom is -0.496 e. The number of carbonyl (C=O) groups excluding carboxylic acids is 1. The van der Waals surface area contributed by atoms with Crippen LogP contribution in [0.5, 0.6) is 11.5 Å². The summed E-state index contributed by atoms with van der Waals surface area (Å²) in [6, 6.07) is 33.5. The summed E-state index contributed by atoms with van der Waals surface area (Å²) in [5, 5.41) is 0. The molecule has 0 aromatic heterocycles. The molecule has 0 saturated heterocycles. The quantitative estimate of drug-likeness (QED) is 0.295. The minimum atomic E-state index is -0.0347. The highest BCUT2D eigenvalue weighted by Gasteiger charge is 2.19. The molecule has 0 N–H and O–H groups in total. The van der Waals surface area contributed by atoms with Crippen molar-refractivity contribution in [3.8, 4) is 11.5 Å². The number of ether oxygens (including phenoxy) is 2. The van der Waals surface area contributed by atoms with E-state index in [9.17, 15) is 4.79 Å². The second-order valence-electron chi connectivity index (χ2n) is 8.21. The number of benzene rings is 4. The lowest BCUT2D eigenvalue weighted by Gasteiger charge is -2.24. The van der Waals surface area contributed by atoms with Crippen LogP contribution in [0.15, 0.2) is 103 Å². The van der Waals surface area contributed by atoms with Crippen LogP contribution in [0.4, 0.5) is 0 Å². The Kier molecular flexibility index (Phi) is 7.61. The molecule has 34 heavy (non-hydrogen) atoms. The third kappa shape index (κ3) is 5.84. The van der Waals surface area contributed by atoms with Gasteiger partial charge in [-0.25, -0.2) is 0 Å². The SMILES string of the molecule is COc1ccc(C(=O)N(Cc2ccccc2)Cc2ccccc2)cc1COc1ccccc1C. The molecule has 0 saturated carbocycles. The second-order valence-corrected chi connectivity index (χ2v) is 8.21. The summed E-state index contributed by atoms with van der Waals surface area (Å²) in [4.78, 5) is 15.6. The van der Waals surface area contributed by atoms with Gasteiger partial charge in [-0.3, -0.25) is 4.79 Å². The lowest BCUT2D eigenvalue weighted by Crippen LogP contribution is -2.30. The van der Waals surface area contributed by atoms with Crippen LogP contribution in [0, 0.1) is 6.92 Å². The molecule has 0 heterocycles. The van der Waals surface area contributed by atoms with Gasteiger partial charge in [-0.2, -0.15) is 0 Å². The fraction of sp³-hybridized carbons (Fsp3) is 0.167. The van der Waals surface area contributed by atoms with Crippen LogP contribution >= 0.6 is 0 Å². The van der Waals surface area contributed by atoms with Gasteiger partial charge in [-0.05, 0) is 47.9 Å². The zero-order chi connectivity index (χ0) is 23.8. The first-order chi connectivity index (χ1) is 16.6. The van der Waals surface area contributed by atoms with E-state index < -0.39 is 0 Å². The van der Waals surface area contributed by atoms with Crippen molar-refractivity contribution in [3.63, 3.8) is 0 Å². The van der Waals surface area contributed by atoms with Crippen LogP contribution in [-0.4, -0.2) is 17.9 Å². The van der Waals surface area contributed by atoms with Gasteiger partial charge in [-0.1, -0.05) is 78.9 Å². The molecular formula is C30H29NO3. The fourth-order valence-electron chi connectivity index (χ4n) is 3.89. The lowest BCUT2D eigenvalue weighted by molar-refractivity contribution is 0.0729. The van der Waals surface area contributed by atoms with Gasteiger partial charge >= 0.3 is 0 Å². The number of aryl methyl sites for hydroxylation is 1. The van der Waals surface area contributed by atoms with E-state index in [0.29, 0.717) is 31.0 Å². The molecule has 0 aliphatic rings. The Morgan fingerprint density at radius 1 is 0.735 bits per heavy atom. The summed E-state index contributed by atoms with van der Waals surface area (Å²) in [5.41, 5.74) is 4.67. The van der Waals surface area contributed by atoms with Crippen molar-refractivity contribution < 1.29 is 14.3 Å². The van der Waals surface area contributed by atoms with Crippen molar-refractivity contribution in [2.24, 2.45) is 0 Å². The molecule has 0 radical (unpaired) electrons. The van der Waals surface area contributed by atoms with Crippen LogP contribution in [-0.2, 0) is 19.7 Å². The molecule has 4 aromatic carbocycles. The Bertz CT molecular complexity index is 1180. The Morgan fingerprint density at radius 2 is 1.32 bits per heavy atom. The third-order valence-electron chi connectivity index (χ3n) is 5.72. The molecule has 0 atom stereocenters. The summed E-state index contributed by atoms with van der Waals surface area (Å²) >= 11 is 0. The molecule has 0 aliphatic carbocycles. The molecule has 4 rings (SSSR count). The Labute approximate surface area is 201 Å². The van der Waals surface area contributed by atoms with E-state index in [-0.39, 0.29) is 5.91 Å². The molecule has 0 aliphatic heterocycles. The molecule has 4 nitrogen and oxygen atoms in total. The van der Waals surface area contributed by atoms with Crippen LogP contribution in [0.2, 0.25) is 0 Å². The monoisotopic (exact) mass is 451 g/mol. The van der Waals surface area contributed by atoms with Gasteiger partial charge in [0.15, 0.2) is 0 Å². The molecule has 0 bridgehead atoms. The zero-order valence-electron chi connectivity index (χ0n) is 19.6. The maximum absolute atomic E-state index is 13.7. The number of nitrogens with zero attached hydrogens (tertiary/aromatic N) is 1. The number of methoxy groups -OCH3 is 1. The first-order valence-electron chi connectivity index (χ1n) is 11.4. The smallest absolute Gasteiger partial charge is 0.254 e. The molecule has 4 heteroatoms. The van der Waals surface area contributed by atoms with Crippen molar-refractivity contribution >= 4 is 5.91 Å². The van der Waals surface area contributed by atoms with E-state index in [1.54, 1.807) is 7.11 Å². The van der Waals surface area contributed by atoms with Crippen LogP contribution in [0.1, 0.15) is 32.6 Å². The zero-order valence-corrected chi connectivity index (χ0v) is 19.6. The van der Waals surface area contributed by atoms with Gasteiger partial charge in [0.2, 0.25) is 0 Å².